The maximum absolute atomic E-state index is 6.15. The van der Waals surface area contributed by atoms with Crippen molar-refractivity contribution < 1.29 is 0 Å². The van der Waals surface area contributed by atoms with E-state index in [2.05, 4.69) is 16.9 Å². The predicted molar refractivity (Wildman–Crippen MR) is 71.0 cm³/mol. The lowest BCUT2D eigenvalue weighted by molar-refractivity contribution is -0.00296. The number of hydrogen-bond donors (Lipinski definition) is 1. The van der Waals surface area contributed by atoms with Gasteiger partial charge in [-0.1, -0.05) is 0 Å². The van der Waals surface area contributed by atoms with E-state index in [4.69, 9.17) is 5.73 Å². The summed E-state index contributed by atoms with van der Waals surface area (Å²) in [6.07, 6.45) is 8.79. The molecular weight excluding hydrogens is 222 g/mol. The second-order valence-electron chi connectivity index (χ2n) is 6.71. The van der Waals surface area contributed by atoms with Gasteiger partial charge in [0, 0.05) is 11.3 Å². The molecule has 4 bridgehead atoms. The van der Waals surface area contributed by atoms with Gasteiger partial charge < -0.3 is 5.73 Å². The first-order valence-corrected chi connectivity index (χ1v) is 7.29. The maximum atomic E-state index is 6.15. The van der Waals surface area contributed by atoms with Crippen LogP contribution >= 0.6 is 0 Å². The Morgan fingerprint density at radius 1 is 1.00 bits per heavy atom. The van der Waals surface area contributed by atoms with Crippen molar-refractivity contribution in [1.29, 1.82) is 0 Å². The number of hydrogen-bond acceptors (Lipinski definition) is 3. The highest BCUT2D eigenvalue weighted by atomic mass is 14.9. The largest absolute Gasteiger partial charge is 0.383 e. The minimum Gasteiger partial charge on any atom is -0.383 e. The zero-order valence-electron chi connectivity index (χ0n) is 11.0. The molecule has 0 saturated heterocycles. The molecule has 4 aliphatic carbocycles. The molecule has 0 spiro atoms. The molecular formula is C15H21N3. The third-order valence-corrected chi connectivity index (χ3v) is 5.67. The first-order valence-electron chi connectivity index (χ1n) is 7.29. The summed E-state index contributed by atoms with van der Waals surface area (Å²) in [7, 11) is 0. The number of nitrogen functional groups attached to an aromatic ring is 1. The monoisotopic (exact) mass is 243 g/mol. The molecule has 1 aromatic rings. The van der Waals surface area contributed by atoms with Crippen molar-refractivity contribution in [2.45, 2.75) is 44.9 Å². The van der Waals surface area contributed by atoms with Gasteiger partial charge in [0.05, 0.1) is 0 Å². The molecule has 0 aromatic carbocycles. The van der Waals surface area contributed by atoms with Crippen LogP contribution in [-0.4, -0.2) is 9.97 Å². The third kappa shape index (κ3) is 1.42. The third-order valence-electron chi connectivity index (χ3n) is 5.67. The van der Waals surface area contributed by atoms with Gasteiger partial charge in [0.25, 0.3) is 0 Å². The van der Waals surface area contributed by atoms with Crippen LogP contribution in [0, 0.1) is 30.6 Å². The minimum absolute atomic E-state index is 0.652. The van der Waals surface area contributed by atoms with Gasteiger partial charge in [-0.05, 0) is 68.6 Å². The first kappa shape index (κ1) is 10.8. The molecule has 0 radical (unpaired) electrons. The highest BCUT2D eigenvalue weighted by Gasteiger charge is 2.49. The van der Waals surface area contributed by atoms with Crippen molar-refractivity contribution in [1.82, 2.24) is 9.97 Å². The SMILES string of the molecule is Cc1ncnc(N)c1C1C2CC3CC(C2)CC1C3. The Morgan fingerprint density at radius 3 is 2.17 bits per heavy atom. The van der Waals surface area contributed by atoms with Gasteiger partial charge in [0.1, 0.15) is 12.1 Å². The molecule has 4 fully saturated rings. The fourth-order valence-electron chi connectivity index (χ4n) is 5.31. The molecule has 1 heterocycles. The molecule has 4 aliphatic rings. The maximum Gasteiger partial charge on any atom is 0.130 e. The quantitative estimate of drug-likeness (QED) is 0.825. The molecule has 1 aromatic heterocycles. The van der Waals surface area contributed by atoms with E-state index in [1.165, 1.54) is 37.7 Å². The summed E-state index contributed by atoms with van der Waals surface area (Å²) < 4.78 is 0. The number of rotatable bonds is 1. The second-order valence-corrected chi connectivity index (χ2v) is 6.71. The standard InChI is InChI=1S/C15H21N3/c1-8-13(15(16)18-7-17-8)14-11-3-9-2-10(5-11)6-12(14)4-9/h7,9-12,14H,2-6H2,1H3,(H2,16,17,18). The molecule has 0 amide bonds. The molecule has 2 N–H and O–H groups in total. The summed E-state index contributed by atoms with van der Waals surface area (Å²) in [4.78, 5) is 8.62. The summed E-state index contributed by atoms with van der Waals surface area (Å²) in [6, 6.07) is 0. The lowest BCUT2D eigenvalue weighted by atomic mass is 9.50. The number of nitrogens with two attached hydrogens (primary N) is 1. The van der Waals surface area contributed by atoms with Crippen LogP contribution in [0.5, 0.6) is 0 Å². The summed E-state index contributed by atoms with van der Waals surface area (Å²) >= 11 is 0. The Morgan fingerprint density at radius 2 is 1.61 bits per heavy atom. The Kier molecular flexibility index (Phi) is 2.21. The van der Waals surface area contributed by atoms with Crippen LogP contribution in [0.25, 0.3) is 0 Å². The van der Waals surface area contributed by atoms with E-state index in [0.29, 0.717) is 5.92 Å². The zero-order chi connectivity index (χ0) is 12.3. The number of anilines is 1. The predicted octanol–water partition coefficient (Wildman–Crippen LogP) is 2.91. The van der Waals surface area contributed by atoms with Gasteiger partial charge in [0.15, 0.2) is 0 Å². The highest BCUT2D eigenvalue weighted by Crippen LogP contribution is 2.60. The smallest absolute Gasteiger partial charge is 0.130 e. The average Bonchev–Trinajstić information content (AvgIpc) is 2.31. The van der Waals surface area contributed by atoms with Crippen molar-refractivity contribution in [2.24, 2.45) is 23.7 Å². The summed E-state index contributed by atoms with van der Waals surface area (Å²) in [5.41, 5.74) is 8.54. The van der Waals surface area contributed by atoms with Crippen LogP contribution in [-0.2, 0) is 0 Å². The summed E-state index contributed by atoms with van der Waals surface area (Å²) in [5, 5.41) is 0. The molecule has 4 saturated carbocycles. The van der Waals surface area contributed by atoms with Crippen LogP contribution in [0.15, 0.2) is 6.33 Å². The van der Waals surface area contributed by atoms with Gasteiger partial charge in [-0.3, -0.25) is 0 Å². The van der Waals surface area contributed by atoms with Gasteiger partial charge in [0.2, 0.25) is 0 Å². The van der Waals surface area contributed by atoms with Crippen LogP contribution in [0.3, 0.4) is 0 Å². The Labute approximate surface area is 108 Å². The molecule has 5 rings (SSSR count). The lowest BCUT2D eigenvalue weighted by Crippen LogP contribution is -2.44. The number of aryl methyl sites for hydroxylation is 1. The lowest BCUT2D eigenvalue weighted by Gasteiger charge is -2.54. The van der Waals surface area contributed by atoms with Gasteiger partial charge in [-0.15, -0.1) is 0 Å². The summed E-state index contributed by atoms with van der Waals surface area (Å²) in [5.74, 6) is 5.12. The molecule has 0 unspecified atom stereocenters. The molecule has 3 heteroatoms. The fraction of sp³-hybridized carbons (Fsp3) is 0.733. The van der Waals surface area contributed by atoms with E-state index >= 15 is 0 Å². The van der Waals surface area contributed by atoms with Crippen molar-refractivity contribution >= 4 is 5.82 Å². The second kappa shape index (κ2) is 3.69. The molecule has 18 heavy (non-hydrogen) atoms. The molecule has 3 nitrogen and oxygen atoms in total. The van der Waals surface area contributed by atoms with Crippen LogP contribution < -0.4 is 5.73 Å². The minimum atomic E-state index is 0.652. The van der Waals surface area contributed by atoms with Gasteiger partial charge in [-0.2, -0.15) is 0 Å². The van der Waals surface area contributed by atoms with Crippen molar-refractivity contribution in [2.75, 3.05) is 5.73 Å². The first-order chi connectivity index (χ1) is 8.72. The van der Waals surface area contributed by atoms with E-state index in [9.17, 15) is 0 Å². The van der Waals surface area contributed by atoms with Crippen LogP contribution in [0.2, 0.25) is 0 Å². The van der Waals surface area contributed by atoms with E-state index in [1.54, 1.807) is 6.33 Å². The molecule has 96 valence electrons. The fourth-order valence-corrected chi connectivity index (χ4v) is 5.31. The van der Waals surface area contributed by atoms with Gasteiger partial charge >= 0.3 is 0 Å². The summed E-state index contributed by atoms with van der Waals surface area (Å²) in [6.45, 7) is 2.10. The number of aromatic nitrogens is 2. The number of nitrogens with zero attached hydrogens (tertiary/aromatic N) is 2. The normalized spacial score (nSPS) is 41.3. The van der Waals surface area contributed by atoms with Crippen molar-refractivity contribution in [3.05, 3.63) is 17.6 Å². The Balaban J connectivity index is 1.77. The topological polar surface area (TPSA) is 51.8 Å². The van der Waals surface area contributed by atoms with Crippen LogP contribution in [0.1, 0.15) is 49.3 Å². The van der Waals surface area contributed by atoms with Crippen molar-refractivity contribution in [3.63, 3.8) is 0 Å². The van der Waals surface area contributed by atoms with E-state index in [-0.39, 0.29) is 0 Å². The Bertz CT molecular complexity index is 434. The highest BCUT2D eigenvalue weighted by molar-refractivity contribution is 5.45. The van der Waals surface area contributed by atoms with E-state index in [0.717, 1.165) is 35.2 Å². The average molecular weight is 243 g/mol. The van der Waals surface area contributed by atoms with Crippen LogP contribution in [0.4, 0.5) is 5.82 Å². The molecule has 0 atom stereocenters. The van der Waals surface area contributed by atoms with Gasteiger partial charge in [-0.25, -0.2) is 9.97 Å². The van der Waals surface area contributed by atoms with Crippen molar-refractivity contribution in [3.8, 4) is 0 Å². The molecule has 0 aliphatic heterocycles. The van der Waals surface area contributed by atoms with E-state index < -0.39 is 0 Å². The zero-order valence-corrected chi connectivity index (χ0v) is 11.0. The van der Waals surface area contributed by atoms with E-state index in [1.807, 2.05) is 0 Å². The Hall–Kier alpha value is -1.12.